The normalized spacial score (nSPS) is 12.1. The van der Waals surface area contributed by atoms with Crippen molar-refractivity contribution >= 4 is 21.6 Å². The Labute approximate surface area is 127 Å². The summed E-state index contributed by atoms with van der Waals surface area (Å²) in [5.41, 5.74) is 7.11. The minimum absolute atomic E-state index is 0.267. The molecule has 0 aliphatic heterocycles. The Kier molecular flexibility index (Phi) is 6.45. The molecule has 1 aromatic rings. The van der Waals surface area contributed by atoms with Crippen LogP contribution in [-0.2, 0) is 16.6 Å². The van der Waals surface area contributed by atoms with Crippen LogP contribution in [0.3, 0.4) is 0 Å². The molecule has 0 aliphatic carbocycles. The second kappa shape index (κ2) is 7.41. The first-order valence-electron chi connectivity index (χ1n) is 6.87. The maximum Gasteiger partial charge on any atom is 0.243 e. The average molecular weight is 319 g/mol. The van der Waals surface area contributed by atoms with Gasteiger partial charge < -0.3 is 5.73 Å². The van der Waals surface area contributed by atoms with Gasteiger partial charge in [-0.25, -0.2) is 8.42 Å². The topological polar surface area (TPSA) is 63.4 Å². The minimum atomic E-state index is -3.52. The smallest absolute Gasteiger partial charge is 0.243 e. The van der Waals surface area contributed by atoms with E-state index in [0.717, 1.165) is 18.4 Å². The van der Waals surface area contributed by atoms with Crippen molar-refractivity contribution in [2.24, 2.45) is 5.73 Å². The Bertz CT molecular complexity index is 559. The minimum Gasteiger partial charge on any atom is -0.326 e. The van der Waals surface area contributed by atoms with Gasteiger partial charge in [-0.05, 0) is 36.6 Å². The molecular formula is C14H23ClN2O2S. The van der Waals surface area contributed by atoms with Crippen LogP contribution in [0.25, 0.3) is 0 Å². The molecular weight excluding hydrogens is 296 g/mol. The van der Waals surface area contributed by atoms with Crippen molar-refractivity contribution in [2.45, 2.75) is 45.1 Å². The van der Waals surface area contributed by atoms with E-state index in [0.29, 0.717) is 23.7 Å². The first-order valence-corrected chi connectivity index (χ1v) is 8.69. The van der Waals surface area contributed by atoms with E-state index in [1.54, 1.807) is 13.0 Å². The van der Waals surface area contributed by atoms with Crippen molar-refractivity contribution in [3.63, 3.8) is 0 Å². The second-order valence-electron chi connectivity index (χ2n) is 4.74. The molecule has 0 radical (unpaired) electrons. The predicted molar refractivity (Wildman–Crippen MR) is 83.4 cm³/mol. The van der Waals surface area contributed by atoms with Crippen LogP contribution in [-0.4, -0.2) is 25.8 Å². The number of hydrogen-bond acceptors (Lipinski definition) is 3. The second-order valence-corrected chi connectivity index (χ2v) is 7.09. The van der Waals surface area contributed by atoms with E-state index in [9.17, 15) is 8.42 Å². The molecule has 0 aliphatic rings. The van der Waals surface area contributed by atoms with Gasteiger partial charge in [-0.3, -0.25) is 0 Å². The average Bonchev–Trinajstić information content (AvgIpc) is 2.41. The van der Waals surface area contributed by atoms with Gasteiger partial charge >= 0.3 is 0 Å². The molecule has 1 aromatic carbocycles. The van der Waals surface area contributed by atoms with Crippen molar-refractivity contribution < 1.29 is 8.42 Å². The number of benzene rings is 1. The molecule has 0 atom stereocenters. The number of rotatable bonds is 7. The SMILES string of the molecule is CCCCN(CC)S(=O)(=O)c1cc(Cl)cc(CN)c1C. The highest BCUT2D eigenvalue weighted by molar-refractivity contribution is 7.89. The van der Waals surface area contributed by atoms with E-state index in [2.05, 4.69) is 0 Å². The van der Waals surface area contributed by atoms with Crippen LogP contribution < -0.4 is 5.73 Å². The zero-order chi connectivity index (χ0) is 15.3. The number of halogens is 1. The summed E-state index contributed by atoms with van der Waals surface area (Å²) in [6.45, 7) is 6.91. The van der Waals surface area contributed by atoms with Gasteiger partial charge in [0.1, 0.15) is 0 Å². The third-order valence-corrected chi connectivity index (χ3v) is 5.70. The molecule has 0 saturated heterocycles. The van der Waals surface area contributed by atoms with Crippen LogP contribution in [0.15, 0.2) is 17.0 Å². The first-order chi connectivity index (χ1) is 9.38. The zero-order valence-electron chi connectivity index (χ0n) is 12.3. The summed E-state index contributed by atoms with van der Waals surface area (Å²) in [6, 6.07) is 3.23. The maximum absolute atomic E-state index is 12.7. The van der Waals surface area contributed by atoms with Crippen LogP contribution in [0.2, 0.25) is 5.02 Å². The Balaban J connectivity index is 3.30. The van der Waals surface area contributed by atoms with Crippen LogP contribution in [0.1, 0.15) is 37.8 Å². The number of nitrogens with two attached hydrogens (primary N) is 1. The lowest BCUT2D eigenvalue weighted by molar-refractivity contribution is 0.418. The molecule has 0 unspecified atom stereocenters. The van der Waals surface area contributed by atoms with E-state index >= 15 is 0 Å². The predicted octanol–water partition coefficient (Wildman–Crippen LogP) is 2.92. The van der Waals surface area contributed by atoms with Crippen molar-refractivity contribution in [1.29, 1.82) is 0 Å². The molecule has 0 bridgehead atoms. The molecule has 0 heterocycles. The molecule has 2 N–H and O–H groups in total. The Morgan fingerprint density at radius 3 is 2.45 bits per heavy atom. The molecule has 6 heteroatoms. The van der Waals surface area contributed by atoms with Gasteiger partial charge in [0.25, 0.3) is 0 Å². The molecule has 0 aromatic heterocycles. The lowest BCUT2D eigenvalue weighted by Gasteiger charge is -2.22. The number of nitrogens with zero attached hydrogens (tertiary/aromatic N) is 1. The molecule has 0 fully saturated rings. The Morgan fingerprint density at radius 1 is 1.30 bits per heavy atom. The first kappa shape index (κ1) is 17.4. The van der Waals surface area contributed by atoms with Crippen molar-refractivity contribution in [3.8, 4) is 0 Å². The fraction of sp³-hybridized carbons (Fsp3) is 0.571. The van der Waals surface area contributed by atoms with E-state index in [-0.39, 0.29) is 11.4 Å². The van der Waals surface area contributed by atoms with Crippen LogP contribution in [0.5, 0.6) is 0 Å². The highest BCUT2D eigenvalue weighted by Gasteiger charge is 2.25. The van der Waals surface area contributed by atoms with Gasteiger partial charge in [-0.1, -0.05) is 31.9 Å². The van der Waals surface area contributed by atoms with Crippen molar-refractivity contribution in [3.05, 3.63) is 28.3 Å². The van der Waals surface area contributed by atoms with E-state index in [1.165, 1.54) is 10.4 Å². The summed E-state index contributed by atoms with van der Waals surface area (Å²) < 4.78 is 27.0. The van der Waals surface area contributed by atoms with Gasteiger partial charge in [-0.2, -0.15) is 4.31 Å². The molecule has 114 valence electrons. The van der Waals surface area contributed by atoms with Crippen molar-refractivity contribution in [2.75, 3.05) is 13.1 Å². The highest BCUT2D eigenvalue weighted by Crippen LogP contribution is 2.27. The highest BCUT2D eigenvalue weighted by atomic mass is 35.5. The number of sulfonamides is 1. The fourth-order valence-corrected chi connectivity index (χ4v) is 4.20. The maximum atomic E-state index is 12.7. The Hall–Kier alpha value is -0.620. The molecule has 20 heavy (non-hydrogen) atoms. The summed E-state index contributed by atoms with van der Waals surface area (Å²) in [6.07, 6.45) is 1.80. The Morgan fingerprint density at radius 2 is 1.95 bits per heavy atom. The lowest BCUT2D eigenvalue weighted by Crippen LogP contribution is -2.32. The van der Waals surface area contributed by atoms with Gasteiger partial charge in [0, 0.05) is 24.7 Å². The van der Waals surface area contributed by atoms with Gasteiger partial charge in [0.15, 0.2) is 0 Å². The zero-order valence-corrected chi connectivity index (χ0v) is 13.9. The van der Waals surface area contributed by atoms with Crippen LogP contribution in [0.4, 0.5) is 0 Å². The lowest BCUT2D eigenvalue weighted by atomic mass is 10.1. The van der Waals surface area contributed by atoms with E-state index in [4.69, 9.17) is 17.3 Å². The van der Waals surface area contributed by atoms with Gasteiger partial charge in [-0.15, -0.1) is 0 Å². The fourth-order valence-electron chi connectivity index (χ4n) is 2.11. The summed E-state index contributed by atoms with van der Waals surface area (Å²) in [5.74, 6) is 0. The standard InChI is InChI=1S/C14H23ClN2O2S/c1-4-6-7-17(5-2)20(18,19)14-9-13(15)8-12(10-16)11(14)3/h8-9H,4-7,10,16H2,1-3H3. The van der Waals surface area contributed by atoms with E-state index in [1.807, 2.05) is 13.8 Å². The molecule has 0 amide bonds. The van der Waals surface area contributed by atoms with E-state index < -0.39 is 10.0 Å². The third-order valence-electron chi connectivity index (χ3n) is 3.38. The largest absolute Gasteiger partial charge is 0.326 e. The van der Waals surface area contributed by atoms with Crippen LogP contribution in [0, 0.1) is 6.92 Å². The number of hydrogen-bond donors (Lipinski definition) is 1. The quantitative estimate of drug-likeness (QED) is 0.840. The third kappa shape index (κ3) is 3.73. The summed E-state index contributed by atoms with van der Waals surface area (Å²) in [7, 11) is -3.52. The molecule has 0 spiro atoms. The van der Waals surface area contributed by atoms with Crippen molar-refractivity contribution in [1.82, 2.24) is 4.31 Å². The molecule has 4 nitrogen and oxygen atoms in total. The van der Waals surface area contributed by atoms with Gasteiger partial charge in [0.05, 0.1) is 4.90 Å². The summed E-state index contributed by atoms with van der Waals surface area (Å²) in [4.78, 5) is 0.267. The van der Waals surface area contributed by atoms with Gasteiger partial charge in [0.2, 0.25) is 10.0 Å². The molecule has 1 rings (SSSR count). The molecule has 0 saturated carbocycles. The van der Waals surface area contributed by atoms with Crippen LogP contribution >= 0.6 is 11.6 Å². The summed E-state index contributed by atoms with van der Waals surface area (Å²) >= 11 is 6.02. The number of unbranched alkanes of at least 4 members (excludes halogenated alkanes) is 1. The monoisotopic (exact) mass is 318 g/mol. The summed E-state index contributed by atoms with van der Waals surface area (Å²) in [5, 5.41) is 0.404.